The van der Waals surface area contributed by atoms with E-state index < -0.39 is 0 Å². The Morgan fingerprint density at radius 2 is 2.12 bits per heavy atom. The summed E-state index contributed by atoms with van der Waals surface area (Å²) in [5.74, 6) is 1.87. The van der Waals surface area contributed by atoms with Gasteiger partial charge in [0.2, 0.25) is 0 Å². The van der Waals surface area contributed by atoms with Crippen LogP contribution in [0.5, 0.6) is 0 Å². The summed E-state index contributed by atoms with van der Waals surface area (Å²) in [5.41, 5.74) is 1.06. The average molecular weight is 349 g/mol. The molecule has 0 aromatic carbocycles. The van der Waals surface area contributed by atoms with E-state index in [1.54, 1.807) is 6.33 Å². The Labute approximate surface area is 153 Å². The summed E-state index contributed by atoms with van der Waals surface area (Å²) in [6.07, 6.45) is 9.01. The predicted molar refractivity (Wildman–Crippen MR) is 106 cm³/mol. The second-order valence-corrected chi connectivity index (χ2v) is 6.74. The van der Waals surface area contributed by atoms with Gasteiger partial charge in [-0.05, 0) is 20.3 Å². The van der Waals surface area contributed by atoms with Gasteiger partial charge in [-0.1, -0.05) is 51.7 Å². The molecule has 0 radical (unpaired) electrons. The molecule has 1 aromatic rings. The molecule has 6 heteroatoms. The second kappa shape index (κ2) is 12.5. The lowest BCUT2D eigenvalue weighted by Crippen LogP contribution is -2.43. The van der Waals surface area contributed by atoms with Gasteiger partial charge in [-0.2, -0.15) is 0 Å². The summed E-state index contributed by atoms with van der Waals surface area (Å²) in [5, 5.41) is 15.0. The fourth-order valence-electron chi connectivity index (χ4n) is 2.58. The Morgan fingerprint density at radius 3 is 2.80 bits per heavy atom. The fraction of sp³-hybridized carbons (Fsp3) is 0.737. The van der Waals surface area contributed by atoms with Gasteiger partial charge in [-0.15, -0.1) is 10.2 Å². The smallest absolute Gasteiger partial charge is 0.191 e. The zero-order valence-corrected chi connectivity index (χ0v) is 16.5. The molecule has 1 unspecified atom stereocenters. The quantitative estimate of drug-likeness (QED) is 0.263. The molecule has 0 amide bonds. The third-order valence-corrected chi connectivity index (χ3v) is 4.04. The van der Waals surface area contributed by atoms with Crippen LogP contribution in [0.4, 0.5) is 0 Å². The molecule has 1 rings (SSSR count). The fourth-order valence-corrected chi connectivity index (χ4v) is 2.58. The van der Waals surface area contributed by atoms with Crippen LogP contribution in [-0.2, 0) is 13.0 Å². The van der Waals surface area contributed by atoms with Gasteiger partial charge in [0.25, 0.3) is 0 Å². The van der Waals surface area contributed by atoms with Crippen LogP contribution in [-0.4, -0.2) is 39.9 Å². The first-order valence-electron chi connectivity index (χ1n) is 9.62. The highest BCUT2D eigenvalue weighted by atomic mass is 15.3. The van der Waals surface area contributed by atoms with Crippen molar-refractivity contribution in [2.24, 2.45) is 4.99 Å². The van der Waals surface area contributed by atoms with Gasteiger partial charge in [0, 0.05) is 25.6 Å². The minimum atomic E-state index is 0.411. The van der Waals surface area contributed by atoms with E-state index in [1.165, 1.54) is 32.1 Å². The largest absolute Gasteiger partial charge is 0.355 e. The Morgan fingerprint density at radius 1 is 1.32 bits per heavy atom. The van der Waals surface area contributed by atoms with Crippen molar-refractivity contribution in [3.8, 4) is 0 Å². The minimum Gasteiger partial charge on any atom is -0.355 e. The van der Waals surface area contributed by atoms with E-state index in [2.05, 4.69) is 57.7 Å². The summed E-state index contributed by atoms with van der Waals surface area (Å²) in [6.45, 7) is 14.8. The first-order chi connectivity index (χ1) is 12.1. The van der Waals surface area contributed by atoms with Crippen molar-refractivity contribution in [2.75, 3.05) is 13.1 Å². The second-order valence-electron chi connectivity index (χ2n) is 6.74. The van der Waals surface area contributed by atoms with Crippen molar-refractivity contribution < 1.29 is 0 Å². The molecule has 1 heterocycles. The first kappa shape index (κ1) is 21.2. The van der Waals surface area contributed by atoms with Gasteiger partial charge in [-0.25, -0.2) is 4.99 Å². The molecular formula is C19H36N6. The lowest BCUT2D eigenvalue weighted by Gasteiger charge is -2.19. The van der Waals surface area contributed by atoms with Gasteiger partial charge in [0.15, 0.2) is 5.96 Å². The number of hydrogen-bond acceptors (Lipinski definition) is 3. The van der Waals surface area contributed by atoms with E-state index in [4.69, 9.17) is 0 Å². The lowest BCUT2D eigenvalue weighted by atomic mass is 10.1. The lowest BCUT2D eigenvalue weighted by molar-refractivity contribution is 0.534. The molecule has 6 nitrogen and oxygen atoms in total. The number of rotatable bonds is 12. The molecule has 0 fully saturated rings. The molecule has 0 aliphatic carbocycles. The van der Waals surface area contributed by atoms with Crippen molar-refractivity contribution in [1.29, 1.82) is 0 Å². The zero-order valence-electron chi connectivity index (χ0n) is 16.5. The standard InChI is InChI=1S/C19H36N6/c1-6-8-9-10-11-17(5)23-19(21-14-16(3)4)20-12-13-25-15-22-24-18(25)7-2/h15,17H,3,6-14H2,1-2,4-5H3,(H2,20,21,23). The number of nitrogens with zero attached hydrogens (tertiary/aromatic N) is 4. The molecule has 1 atom stereocenters. The van der Waals surface area contributed by atoms with Crippen LogP contribution >= 0.6 is 0 Å². The number of unbranched alkanes of at least 4 members (excludes halogenated alkanes) is 3. The van der Waals surface area contributed by atoms with Crippen LogP contribution in [0.3, 0.4) is 0 Å². The molecular weight excluding hydrogens is 312 g/mol. The van der Waals surface area contributed by atoms with Gasteiger partial charge < -0.3 is 15.2 Å². The monoisotopic (exact) mass is 348 g/mol. The van der Waals surface area contributed by atoms with Crippen LogP contribution in [0, 0.1) is 0 Å². The highest BCUT2D eigenvalue weighted by molar-refractivity contribution is 5.80. The van der Waals surface area contributed by atoms with Crippen molar-refractivity contribution in [2.45, 2.75) is 78.8 Å². The van der Waals surface area contributed by atoms with Crippen molar-refractivity contribution >= 4 is 5.96 Å². The minimum absolute atomic E-state index is 0.411. The molecule has 0 aliphatic heterocycles. The first-order valence-corrected chi connectivity index (χ1v) is 9.62. The summed E-state index contributed by atoms with van der Waals surface area (Å²) >= 11 is 0. The summed E-state index contributed by atoms with van der Waals surface area (Å²) in [4.78, 5) is 4.62. The number of guanidine groups is 1. The Hall–Kier alpha value is -1.85. The van der Waals surface area contributed by atoms with Crippen molar-refractivity contribution in [1.82, 2.24) is 25.4 Å². The van der Waals surface area contributed by atoms with E-state index in [9.17, 15) is 0 Å². The molecule has 0 saturated carbocycles. The highest BCUT2D eigenvalue weighted by Crippen LogP contribution is 2.05. The topological polar surface area (TPSA) is 67.1 Å². The van der Waals surface area contributed by atoms with Gasteiger partial charge >= 0.3 is 0 Å². The van der Waals surface area contributed by atoms with Crippen LogP contribution in [0.2, 0.25) is 0 Å². The maximum atomic E-state index is 4.62. The van der Waals surface area contributed by atoms with E-state index in [0.29, 0.717) is 12.6 Å². The van der Waals surface area contributed by atoms with E-state index in [-0.39, 0.29) is 0 Å². The SMILES string of the molecule is C=C(C)CN=C(NCCn1cnnc1CC)NC(C)CCCCCC. The number of hydrogen-bond donors (Lipinski definition) is 2. The molecule has 1 aromatic heterocycles. The van der Waals surface area contributed by atoms with E-state index >= 15 is 0 Å². The van der Waals surface area contributed by atoms with E-state index in [0.717, 1.165) is 36.9 Å². The maximum absolute atomic E-state index is 4.62. The third kappa shape index (κ3) is 9.27. The Balaban J connectivity index is 2.46. The molecule has 142 valence electrons. The summed E-state index contributed by atoms with van der Waals surface area (Å²) < 4.78 is 2.08. The summed E-state index contributed by atoms with van der Waals surface area (Å²) in [7, 11) is 0. The van der Waals surface area contributed by atoms with Gasteiger partial charge in [0.05, 0.1) is 6.54 Å². The number of aryl methyl sites for hydroxylation is 1. The molecule has 0 aliphatic rings. The summed E-state index contributed by atoms with van der Waals surface area (Å²) in [6, 6.07) is 0.411. The normalized spacial score (nSPS) is 12.9. The van der Waals surface area contributed by atoms with Gasteiger partial charge in [0.1, 0.15) is 12.2 Å². The molecule has 0 spiro atoms. The van der Waals surface area contributed by atoms with Crippen molar-refractivity contribution in [3.05, 3.63) is 24.3 Å². The molecule has 0 saturated heterocycles. The third-order valence-electron chi connectivity index (χ3n) is 4.04. The average Bonchev–Trinajstić information content (AvgIpc) is 3.04. The van der Waals surface area contributed by atoms with Crippen LogP contribution in [0.15, 0.2) is 23.5 Å². The van der Waals surface area contributed by atoms with Crippen LogP contribution < -0.4 is 10.6 Å². The van der Waals surface area contributed by atoms with Crippen LogP contribution in [0.25, 0.3) is 0 Å². The Kier molecular flexibility index (Phi) is 10.6. The number of aliphatic imine (C=N–C) groups is 1. The Bertz CT molecular complexity index is 520. The predicted octanol–water partition coefficient (Wildman–Crippen LogP) is 3.31. The van der Waals surface area contributed by atoms with Gasteiger partial charge in [-0.3, -0.25) is 0 Å². The maximum Gasteiger partial charge on any atom is 0.191 e. The molecule has 2 N–H and O–H groups in total. The molecule has 25 heavy (non-hydrogen) atoms. The number of aromatic nitrogens is 3. The number of nitrogens with one attached hydrogen (secondary N) is 2. The van der Waals surface area contributed by atoms with Crippen LogP contribution in [0.1, 0.15) is 65.6 Å². The van der Waals surface area contributed by atoms with E-state index in [1.807, 2.05) is 6.92 Å². The highest BCUT2D eigenvalue weighted by Gasteiger charge is 2.06. The molecule has 0 bridgehead atoms. The zero-order chi connectivity index (χ0) is 18.5. The van der Waals surface area contributed by atoms with Crippen molar-refractivity contribution in [3.63, 3.8) is 0 Å².